The molecular formula is C19H22N6. The minimum Gasteiger partial charge on any atom is -0.354 e. The summed E-state index contributed by atoms with van der Waals surface area (Å²) in [6.07, 6.45) is 4.01. The molecule has 1 N–H and O–H groups in total. The molecule has 0 amide bonds. The summed E-state index contributed by atoms with van der Waals surface area (Å²) in [7, 11) is 0. The van der Waals surface area contributed by atoms with E-state index in [-0.39, 0.29) is 0 Å². The van der Waals surface area contributed by atoms with Gasteiger partial charge < -0.3 is 10.2 Å². The van der Waals surface area contributed by atoms with E-state index in [4.69, 9.17) is 0 Å². The maximum absolute atomic E-state index is 4.69. The van der Waals surface area contributed by atoms with Crippen molar-refractivity contribution in [2.75, 3.05) is 18.0 Å². The van der Waals surface area contributed by atoms with E-state index in [0.717, 1.165) is 54.2 Å². The summed E-state index contributed by atoms with van der Waals surface area (Å²) in [5, 5.41) is 12.9. The molecule has 0 bridgehead atoms. The number of nitrogens with one attached hydrogen (secondary N) is 1. The number of hydrogen-bond donors (Lipinski definition) is 1. The Kier molecular flexibility index (Phi) is 4.52. The Balaban J connectivity index is 1.43. The molecule has 4 rings (SSSR count). The van der Waals surface area contributed by atoms with Crippen LogP contribution in [0.5, 0.6) is 0 Å². The number of hydrogen-bond acceptors (Lipinski definition) is 6. The monoisotopic (exact) mass is 334 g/mol. The molecule has 3 aromatic rings. The summed E-state index contributed by atoms with van der Waals surface area (Å²) in [6.45, 7) is 4.70. The van der Waals surface area contributed by atoms with Crippen molar-refractivity contribution in [3.8, 4) is 0 Å². The molecule has 1 saturated heterocycles. The number of rotatable bonds is 4. The van der Waals surface area contributed by atoms with E-state index in [1.165, 1.54) is 0 Å². The van der Waals surface area contributed by atoms with Crippen LogP contribution in [0.2, 0.25) is 0 Å². The lowest BCUT2D eigenvalue weighted by Gasteiger charge is -2.33. The number of benzene rings is 1. The lowest BCUT2D eigenvalue weighted by molar-refractivity contribution is 0.415. The highest BCUT2D eigenvalue weighted by atomic mass is 15.3. The predicted octanol–water partition coefficient (Wildman–Crippen LogP) is 2.49. The standard InChI is InChI=1S/C19H22N6/c1-14-16-7-2-3-8-17(16)23-18(22-14)12-20-15-6-5-11-25(13-15)19-9-4-10-21-24-19/h2-4,7-10,15,20H,5-6,11-13H2,1H3. The summed E-state index contributed by atoms with van der Waals surface area (Å²) < 4.78 is 0. The number of anilines is 1. The summed E-state index contributed by atoms with van der Waals surface area (Å²) in [6, 6.07) is 12.5. The van der Waals surface area contributed by atoms with Crippen LogP contribution in [0.1, 0.15) is 24.4 Å². The van der Waals surface area contributed by atoms with Gasteiger partial charge in [-0.1, -0.05) is 18.2 Å². The van der Waals surface area contributed by atoms with Gasteiger partial charge in [-0.05, 0) is 38.0 Å². The average molecular weight is 334 g/mol. The molecule has 3 heterocycles. The second-order valence-electron chi connectivity index (χ2n) is 6.49. The van der Waals surface area contributed by atoms with Crippen LogP contribution in [0, 0.1) is 6.92 Å². The number of aromatic nitrogens is 4. The molecular weight excluding hydrogens is 312 g/mol. The minimum atomic E-state index is 0.408. The first-order valence-corrected chi connectivity index (χ1v) is 8.78. The topological polar surface area (TPSA) is 66.8 Å². The van der Waals surface area contributed by atoms with Crippen LogP contribution >= 0.6 is 0 Å². The van der Waals surface area contributed by atoms with Crippen LogP contribution in [0.15, 0.2) is 42.6 Å². The highest BCUT2D eigenvalue weighted by Crippen LogP contribution is 2.18. The third-order valence-electron chi connectivity index (χ3n) is 4.69. The summed E-state index contributed by atoms with van der Waals surface area (Å²) in [5.74, 6) is 1.81. The summed E-state index contributed by atoms with van der Waals surface area (Å²) >= 11 is 0. The number of para-hydroxylation sites is 1. The van der Waals surface area contributed by atoms with E-state index in [1.807, 2.05) is 37.3 Å². The van der Waals surface area contributed by atoms with E-state index >= 15 is 0 Å². The number of fused-ring (bicyclic) bond motifs is 1. The SMILES string of the molecule is Cc1nc(CNC2CCCN(c3cccnn3)C2)nc2ccccc12. The average Bonchev–Trinajstić information content (AvgIpc) is 2.67. The van der Waals surface area contributed by atoms with Gasteiger partial charge in [0, 0.05) is 36.4 Å². The molecule has 1 unspecified atom stereocenters. The Morgan fingerprint density at radius 2 is 2.08 bits per heavy atom. The summed E-state index contributed by atoms with van der Waals surface area (Å²) in [4.78, 5) is 11.6. The molecule has 0 spiro atoms. The van der Waals surface area contributed by atoms with E-state index in [1.54, 1.807) is 6.20 Å². The van der Waals surface area contributed by atoms with Crippen molar-refractivity contribution in [1.82, 2.24) is 25.5 Å². The zero-order valence-corrected chi connectivity index (χ0v) is 14.4. The fourth-order valence-corrected chi connectivity index (χ4v) is 3.42. The largest absolute Gasteiger partial charge is 0.354 e. The van der Waals surface area contributed by atoms with Crippen LogP contribution in [-0.2, 0) is 6.54 Å². The fourth-order valence-electron chi connectivity index (χ4n) is 3.42. The molecule has 1 aromatic carbocycles. The van der Waals surface area contributed by atoms with Gasteiger partial charge in [-0.2, -0.15) is 5.10 Å². The van der Waals surface area contributed by atoms with Gasteiger partial charge in [0.15, 0.2) is 5.82 Å². The zero-order chi connectivity index (χ0) is 17.1. The first-order valence-electron chi connectivity index (χ1n) is 8.78. The normalized spacial score (nSPS) is 17.8. The summed E-state index contributed by atoms with van der Waals surface area (Å²) in [5.41, 5.74) is 2.05. The van der Waals surface area contributed by atoms with Crippen molar-refractivity contribution in [3.05, 3.63) is 54.1 Å². The molecule has 0 radical (unpaired) electrons. The quantitative estimate of drug-likeness (QED) is 0.791. The molecule has 1 atom stereocenters. The number of piperidine rings is 1. The number of aryl methyl sites for hydroxylation is 1. The smallest absolute Gasteiger partial charge is 0.151 e. The van der Waals surface area contributed by atoms with Gasteiger partial charge in [-0.3, -0.25) is 0 Å². The van der Waals surface area contributed by atoms with Gasteiger partial charge in [0.1, 0.15) is 5.82 Å². The molecule has 128 valence electrons. The molecule has 1 aliphatic rings. The van der Waals surface area contributed by atoms with Crippen molar-refractivity contribution in [2.45, 2.75) is 32.4 Å². The highest BCUT2D eigenvalue weighted by Gasteiger charge is 2.21. The second-order valence-corrected chi connectivity index (χ2v) is 6.49. The Hall–Kier alpha value is -2.60. The van der Waals surface area contributed by atoms with Crippen molar-refractivity contribution in [2.24, 2.45) is 0 Å². The maximum atomic E-state index is 4.69. The third-order valence-corrected chi connectivity index (χ3v) is 4.69. The molecule has 0 saturated carbocycles. The molecule has 1 aliphatic heterocycles. The van der Waals surface area contributed by atoms with Gasteiger partial charge in [0.05, 0.1) is 12.1 Å². The van der Waals surface area contributed by atoms with Crippen molar-refractivity contribution >= 4 is 16.7 Å². The highest BCUT2D eigenvalue weighted by molar-refractivity contribution is 5.80. The van der Waals surface area contributed by atoms with Crippen LogP contribution < -0.4 is 10.2 Å². The number of nitrogens with zero attached hydrogens (tertiary/aromatic N) is 5. The predicted molar refractivity (Wildman–Crippen MR) is 98.4 cm³/mol. The fraction of sp³-hybridized carbons (Fsp3) is 0.368. The molecule has 6 heteroatoms. The van der Waals surface area contributed by atoms with Gasteiger partial charge in [0.2, 0.25) is 0 Å². The maximum Gasteiger partial charge on any atom is 0.151 e. The first kappa shape index (κ1) is 15.9. The Morgan fingerprint density at radius 3 is 2.96 bits per heavy atom. The lowest BCUT2D eigenvalue weighted by Crippen LogP contribution is -2.46. The minimum absolute atomic E-state index is 0.408. The van der Waals surface area contributed by atoms with Crippen LogP contribution in [0.3, 0.4) is 0 Å². The van der Waals surface area contributed by atoms with E-state index in [9.17, 15) is 0 Å². The lowest BCUT2D eigenvalue weighted by atomic mass is 10.1. The van der Waals surface area contributed by atoms with E-state index < -0.39 is 0 Å². The third kappa shape index (κ3) is 3.58. The molecule has 25 heavy (non-hydrogen) atoms. The Labute approximate surface area is 147 Å². The van der Waals surface area contributed by atoms with Crippen LogP contribution in [0.4, 0.5) is 5.82 Å². The van der Waals surface area contributed by atoms with Gasteiger partial charge in [-0.15, -0.1) is 5.10 Å². The first-order chi connectivity index (χ1) is 12.3. The van der Waals surface area contributed by atoms with E-state index in [0.29, 0.717) is 12.6 Å². The Bertz CT molecular complexity index is 851. The van der Waals surface area contributed by atoms with Crippen LogP contribution in [-0.4, -0.2) is 39.3 Å². The van der Waals surface area contributed by atoms with Crippen molar-refractivity contribution < 1.29 is 0 Å². The molecule has 0 aliphatic carbocycles. The van der Waals surface area contributed by atoms with Gasteiger partial charge in [0.25, 0.3) is 0 Å². The molecule has 6 nitrogen and oxygen atoms in total. The zero-order valence-electron chi connectivity index (χ0n) is 14.4. The van der Waals surface area contributed by atoms with Crippen LogP contribution in [0.25, 0.3) is 10.9 Å². The molecule has 2 aromatic heterocycles. The molecule has 1 fully saturated rings. The van der Waals surface area contributed by atoms with Crippen molar-refractivity contribution in [3.63, 3.8) is 0 Å². The Morgan fingerprint density at radius 1 is 1.16 bits per heavy atom. The second kappa shape index (κ2) is 7.11. The van der Waals surface area contributed by atoms with E-state index in [2.05, 4.69) is 36.4 Å². The van der Waals surface area contributed by atoms with Crippen molar-refractivity contribution in [1.29, 1.82) is 0 Å². The van der Waals surface area contributed by atoms with Gasteiger partial charge >= 0.3 is 0 Å². The van der Waals surface area contributed by atoms with Gasteiger partial charge in [-0.25, -0.2) is 9.97 Å².